The maximum atomic E-state index is 11.3. The standard InChI is InChI=1S/C13H16O3/c1-2-4-13(14)16-11-6-7-12-10(9-11)5-3-8-15-12/h6-7,9H,2-5,8H2,1H3. The second-order valence-corrected chi connectivity index (χ2v) is 3.95. The molecule has 86 valence electrons. The normalized spacial score (nSPS) is 13.8. The highest BCUT2D eigenvalue weighted by Gasteiger charge is 2.12. The van der Waals surface area contributed by atoms with Crippen molar-refractivity contribution < 1.29 is 14.3 Å². The van der Waals surface area contributed by atoms with Crippen LogP contribution in [0.4, 0.5) is 0 Å². The number of rotatable bonds is 3. The first-order chi connectivity index (χ1) is 7.79. The second kappa shape index (κ2) is 5.01. The van der Waals surface area contributed by atoms with Gasteiger partial charge in [-0.05, 0) is 43.0 Å². The molecule has 0 fully saturated rings. The first kappa shape index (κ1) is 11.0. The van der Waals surface area contributed by atoms with Gasteiger partial charge in [0.05, 0.1) is 6.61 Å². The van der Waals surface area contributed by atoms with Gasteiger partial charge in [-0.1, -0.05) is 6.92 Å². The summed E-state index contributed by atoms with van der Waals surface area (Å²) in [5, 5.41) is 0. The number of esters is 1. The van der Waals surface area contributed by atoms with Crippen LogP contribution < -0.4 is 9.47 Å². The molecule has 0 atom stereocenters. The van der Waals surface area contributed by atoms with Crippen molar-refractivity contribution in [1.82, 2.24) is 0 Å². The third kappa shape index (κ3) is 2.54. The summed E-state index contributed by atoms with van der Waals surface area (Å²) in [6, 6.07) is 5.57. The summed E-state index contributed by atoms with van der Waals surface area (Å²) < 4.78 is 10.7. The van der Waals surface area contributed by atoms with E-state index in [4.69, 9.17) is 9.47 Å². The molecule has 0 spiro atoms. The van der Waals surface area contributed by atoms with Gasteiger partial charge in [-0.3, -0.25) is 4.79 Å². The summed E-state index contributed by atoms with van der Waals surface area (Å²) >= 11 is 0. The van der Waals surface area contributed by atoms with E-state index in [1.165, 1.54) is 0 Å². The van der Waals surface area contributed by atoms with Crippen molar-refractivity contribution in [2.75, 3.05) is 6.61 Å². The molecule has 0 saturated carbocycles. The van der Waals surface area contributed by atoms with Crippen molar-refractivity contribution in [3.63, 3.8) is 0 Å². The summed E-state index contributed by atoms with van der Waals surface area (Å²) in [5.41, 5.74) is 1.13. The first-order valence-electron chi connectivity index (χ1n) is 5.76. The van der Waals surface area contributed by atoms with Gasteiger partial charge in [-0.25, -0.2) is 0 Å². The maximum Gasteiger partial charge on any atom is 0.311 e. The Morgan fingerprint density at radius 1 is 1.50 bits per heavy atom. The molecule has 0 amide bonds. The number of ether oxygens (including phenoxy) is 2. The molecule has 2 rings (SSSR count). The molecule has 1 aromatic carbocycles. The van der Waals surface area contributed by atoms with Crippen LogP contribution in [0.1, 0.15) is 31.7 Å². The van der Waals surface area contributed by atoms with E-state index in [-0.39, 0.29) is 5.97 Å². The first-order valence-corrected chi connectivity index (χ1v) is 5.76. The lowest BCUT2D eigenvalue weighted by Gasteiger charge is -2.17. The quantitative estimate of drug-likeness (QED) is 0.580. The predicted octanol–water partition coefficient (Wildman–Crippen LogP) is 2.72. The van der Waals surface area contributed by atoms with Crippen molar-refractivity contribution in [1.29, 1.82) is 0 Å². The molecule has 0 aromatic heterocycles. The van der Waals surface area contributed by atoms with Gasteiger partial charge in [0.25, 0.3) is 0 Å². The minimum atomic E-state index is -0.167. The highest BCUT2D eigenvalue weighted by molar-refractivity contribution is 5.72. The fraction of sp³-hybridized carbons (Fsp3) is 0.462. The Bertz CT molecular complexity index is 385. The van der Waals surface area contributed by atoms with Crippen LogP contribution in [0.3, 0.4) is 0 Å². The van der Waals surface area contributed by atoms with Gasteiger partial charge >= 0.3 is 5.97 Å². The van der Waals surface area contributed by atoms with Crippen LogP contribution in [0.25, 0.3) is 0 Å². The summed E-state index contributed by atoms with van der Waals surface area (Å²) in [4.78, 5) is 11.3. The van der Waals surface area contributed by atoms with E-state index in [9.17, 15) is 4.79 Å². The lowest BCUT2D eigenvalue weighted by molar-refractivity contribution is -0.134. The van der Waals surface area contributed by atoms with Crippen molar-refractivity contribution in [3.8, 4) is 11.5 Å². The summed E-state index contributed by atoms with van der Waals surface area (Å²) in [6.45, 7) is 2.74. The van der Waals surface area contributed by atoms with Crippen molar-refractivity contribution >= 4 is 5.97 Å². The maximum absolute atomic E-state index is 11.3. The third-order valence-corrected chi connectivity index (χ3v) is 2.57. The Hall–Kier alpha value is -1.51. The average Bonchev–Trinajstić information content (AvgIpc) is 2.29. The SMILES string of the molecule is CCCC(=O)Oc1ccc2c(c1)CCCO2. The molecular formula is C13H16O3. The van der Waals surface area contributed by atoms with Crippen LogP contribution in [0.15, 0.2) is 18.2 Å². The molecule has 0 N–H and O–H groups in total. The lowest BCUT2D eigenvalue weighted by Crippen LogP contribution is -2.10. The Morgan fingerprint density at radius 2 is 2.38 bits per heavy atom. The fourth-order valence-corrected chi connectivity index (χ4v) is 1.79. The predicted molar refractivity (Wildman–Crippen MR) is 60.8 cm³/mol. The molecule has 0 bridgehead atoms. The zero-order valence-electron chi connectivity index (χ0n) is 9.49. The van der Waals surface area contributed by atoms with E-state index in [0.29, 0.717) is 12.2 Å². The third-order valence-electron chi connectivity index (χ3n) is 2.57. The van der Waals surface area contributed by atoms with Crippen LogP contribution in [0, 0.1) is 0 Å². The Kier molecular flexibility index (Phi) is 3.44. The molecule has 1 aliphatic rings. The zero-order chi connectivity index (χ0) is 11.4. The van der Waals surface area contributed by atoms with Crippen LogP contribution >= 0.6 is 0 Å². The number of carbonyl (C=O) groups excluding carboxylic acids is 1. The smallest absolute Gasteiger partial charge is 0.311 e. The summed E-state index contributed by atoms with van der Waals surface area (Å²) in [6.07, 6.45) is 3.30. The highest BCUT2D eigenvalue weighted by Crippen LogP contribution is 2.28. The van der Waals surface area contributed by atoms with Gasteiger partial charge in [0.1, 0.15) is 11.5 Å². The average molecular weight is 220 g/mol. The van der Waals surface area contributed by atoms with Crippen molar-refractivity contribution in [2.24, 2.45) is 0 Å². The molecule has 1 aromatic rings. The Balaban J connectivity index is 2.08. The second-order valence-electron chi connectivity index (χ2n) is 3.95. The van der Waals surface area contributed by atoms with Crippen molar-refractivity contribution in [3.05, 3.63) is 23.8 Å². The van der Waals surface area contributed by atoms with Gasteiger partial charge < -0.3 is 9.47 Å². The number of hydrogen-bond donors (Lipinski definition) is 0. The number of hydrogen-bond acceptors (Lipinski definition) is 3. The Morgan fingerprint density at radius 3 is 3.19 bits per heavy atom. The monoisotopic (exact) mass is 220 g/mol. The minimum Gasteiger partial charge on any atom is -0.493 e. The van der Waals surface area contributed by atoms with Crippen LogP contribution in [-0.4, -0.2) is 12.6 Å². The molecule has 0 unspecified atom stereocenters. The van der Waals surface area contributed by atoms with Gasteiger partial charge in [-0.15, -0.1) is 0 Å². The molecule has 0 radical (unpaired) electrons. The number of carbonyl (C=O) groups is 1. The number of aryl methyl sites for hydroxylation is 1. The fourth-order valence-electron chi connectivity index (χ4n) is 1.79. The molecule has 0 saturated heterocycles. The minimum absolute atomic E-state index is 0.167. The lowest BCUT2D eigenvalue weighted by atomic mass is 10.1. The summed E-state index contributed by atoms with van der Waals surface area (Å²) in [5.74, 6) is 1.38. The molecule has 1 aliphatic heterocycles. The molecule has 1 heterocycles. The number of benzene rings is 1. The van der Waals surface area contributed by atoms with E-state index >= 15 is 0 Å². The Labute approximate surface area is 95.4 Å². The van der Waals surface area contributed by atoms with Crippen LogP contribution in [0.2, 0.25) is 0 Å². The van der Waals surface area contributed by atoms with Gasteiger partial charge in [0, 0.05) is 6.42 Å². The molecule has 3 nitrogen and oxygen atoms in total. The van der Waals surface area contributed by atoms with E-state index in [2.05, 4.69) is 0 Å². The summed E-state index contributed by atoms with van der Waals surface area (Å²) in [7, 11) is 0. The number of fused-ring (bicyclic) bond motifs is 1. The van der Waals surface area contributed by atoms with Crippen LogP contribution in [0.5, 0.6) is 11.5 Å². The van der Waals surface area contributed by atoms with Crippen LogP contribution in [-0.2, 0) is 11.2 Å². The molecule has 0 aliphatic carbocycles. The van der Waals surface area contributed by atoms with Crippen molar-refractivity contribution in [2.45, 2.75) is 32.6 Å². The topological polar surface area (TPSA) is 35.5 Å². The molecular weight excluding hydrogens is 204 g/mol. The largest absolute Gasteiger partial charge is 0.493 e. The van der Waals surface area contributed by atoms with E-state index in [1.807, 2.05) is 19.1 Å². The molecule has 16 heavy (non-hydrogen) atoms. The zero-order valence-corrected chi connectivity index (χ0v) is 9.49. The van der Waals surface area contributed by atoms with E-state index in [0.717, 1.165) is 37.2 Å². The van der Waals surface area contributed by atoms with E-state index in [1.54, 1.807) is 6.07 Å². The van der Waals surface area contributed by atoms with E-state index < -0.39 is 0 Å². The van der Waals surface area contributed by atoms with Gasteiger partial charge in [0.2, 0.25) is 0 Å². The highest BCUT2D eigenvalue weighted by atomic mass is 16.5. The van der Waals surface area contributed by atoms with Gasteiger partial charge in [0.15, 0.2) is 0 Å². The van der Waals surface area contributed by atoms with Gasteiger partial charge in [-0.2, -0.15) is 0 Å². The molecule has 3 heteroatoms.